The standard InChI is InChI=1S/C18H12O4/c19-16-14-13-9-5-1-3-7-11(9)18(21,15(14)17(20)22-16)12-8-4-2-6-10(12)13/h1-8,13-15,21H/t13?,14-,15+,18?/m0/s1. The van der Waals surface area contributed by atoms with Gasteiger partial charge in [0.15, 0.2) is 0 Å². The van der Waals surface area contributed by atoms with Crippen molar-refractivity contribution in [3.63, 3.8) is 0 Å². The summed E-state index contributed by atoms with van der Waals surface area (Å²) >= 11 is 0. The molecule has 0 spiro atoms. The van der Waals surface area contributed by atoms with Gasteiger partial charge in [0.1, 0.15) is 11.5 Å². The van der Waals surface area contributed by atoms with E-state index in [0.717, 1.165) is 11.1 Å². The molecule has 4 heteroatoms. The Hall–Kier alpha value is -2.46. The topological polar surface area (TPSA) is 63.6 Å². The van der Waals surface area contributed by atoms with Crippen molar-refractivity contribution in [2.45, 2.75) is 11.5 Å². The van der Waals surface area contributed by atoms with Crippen LogP contribution in [0.1, 0.15) is 28.2 Å². The second-order valence-electron chi connectivity index (χ2n) is 6.16. The van der Waals surface area contributed by atoms with E-state index in [2.05, 4.69) is 0 Å². The fourth-order valence-corrected chi connectivity index (χ4v) is 4.54. The molecular formula is C18H12O4. The van der Waals surface area contributed by atoms with Crippen LogP contribution in [0.25, 0.3) is 0 Å². The van der Waals surface area contributed by atoms with Gasteiger partial charge in [-0.15, -0.1) is 0 Å². The van der Waals surface area contributed by atoms with Crippen LogP contribution in [-0.2, 0) is 19.9 Å². The van der Waals surface area contributed by atoms with Crippen molar-refractivity contribution in [3.05, 3.63) is 70.8 Å². The van der Waals surface area contributed by atoms with Crippen molar-refractivity contribution in [1.82, 2.24) is 0 Å². The Labute approximate surface area is 126 Å². The summed E-state index contributed by atoms with van der Waals surface area (Å²) < 4.78 is 4.88. The van der Waals surface area contributed by atoms with E-state index in [-0.39, 0.29) is 5.92 Å². The minimum atomic E-state index is -1.49. The molecule has 1 aliphatic heterocycles. The average Bonchev–Trinajstić information content (AvgIpc) is 2.84. The van der Waals surface area contributed by atoms with E-state index in [4.69, 9.17) is 4.74 Å². The molecular weight excluding hydrogens is 280 g/mol. The molecule has 0 amide bonds. The summed E-state index contributed by atoms with van der Waals surface area (Å²) in [5.41, 5.74) is 1.77. The lowest BCUT2D eigenvalue weighted by molar-refractivity contribution is -0.155. The number of cyclic esters (lactones) is 2. The minimum absolute atomic E-state index is 0.231. The van der Waals surface area contributed by atoms with E-state index in [0.29, 0.717) is 11.1 Å². The van der Waals surface area contributed by atoms with Crippen molar-refractivity contribution in [3.8, 4) is 0 Å². The van der Waals surface area contributed by atoms with Gasteiger partial charge in [-0.05, 0) is 22.3 Å². The van der Waals surface area contributed by atoms with Gasteiger partial charge < -0.3 is 9.84 Å². The zero-order valence-electron chi connectivity index (χ0n) is 11.5. The highest BCUT2D eigenvalue weighted by Crippen LogP contribution is 2.62. The van der Waals surface area contributed by atoms with Crippen LogP contribution in [0.4, 0.5) is 0 Å². The molecule has 2 atom stereocenters. The Morgan fingerprint density at radius 3 is 2.00 bits per heavy atom. The second kappa shape index (κ2) is 3.65. The summed E-state index contributed by atoms with van der Waals surface area (Å²) in [4.78, 5) is 24.4. The number of carbonyl (C=O) groups is 2. The lowest BCUT2D eigenvalue weighted by Gasteiger charge is -2.50. The van der Waals surface area contributed by atoms with Gasteiger partial charge >= 0.3 is 11.9 Å². The van der Waals surface area contributed by atoms with Gasteiger partial charge in [0.05, 0.1) is 5.92 Å². The highest BCUT2D eigenvalue weighted by atomic mass is 16.6. The van der Waals surface area contributed by atoms with Crippen LogP contribution in [-0.4, -0.2) is 17.0 Å². The normalized spacial score (nSPS) is 34.0. The third-order valence-electron chi connectivity index (χ3n) is 5.31. The molecule has 0 aromatic heterocycles. The first-order chi connectivity index (χ1) is 10.6. The highest BCUT2D eigenvalue weighted by molar-refractivity contribution is 6.00. The Bertz CT molecular complexity index is 806. The highest BCUT2D eigenvalue weighted by Gasteiger charge is 2.67. The number of carbonyl (C=O) groups excluding carboxylic acids is 2. The number of hydrogen-bond donors (Lipinski definition) is 1. The molecule has 1 fully saturated rings. The first-order valence-corrected chi connectivity index (χ1v) is 7.30. The van der Waals surface area contributed by atoms with Gasteiger partial charge in [0.25, 0.3) is 0 Å². The first kappa shape index (κ1) is 12.1. The third kappa shape index (κ3) is 1.12. The van der Waals surface area contributed by atoms with Gasteiger partial charge in [-0.25, -0.2) is 0 Å². The molecule has 108 valence electrons. The Balaban J connectivity index is 1.94. The maximum absolute atomic E-state index is 12.2. The number of hydrogen-bond acceptors (Lipinski definition) is 4. The molecule has 1 heterocycles. The van der Waals surface area contributed by atoms with Crippen LogP contribution in [0.2, 0.25) is 0 Å². The SMILES string of the molecule is O=C1OC(=O)[C@H]2[C@@H]1C1c3ccccc3C2(O)c2ccccc21. The molecule has 0 saturated carbocycles. The van der Waals surface area contributed by atoms with E-state index >= 15 is 0 Å². The molecule has 4 aliphatic rings. The maximum atomic E-state index is 12.2. The first-order valence-electron chi connectivity index (χ1n) is 7.30. The lowest BCUT2D eigenvalue weighted by atomic mass is 9.52. The molecule has 2 bridgehead atoms. The molecule has 1 saturated heterocycles. The van der Waals surface area contributed by atoms with Crippen molar-refractivity contribution in [2.75, 3.05) is 0 Å². The summed E-state index contributed by atoms with van der Waals surface area (Å²) in [5.74, 6) is -2.86. The van der Waals surface area contributed by atoms with E-state index in [1.54, 1.807) is 0 Å². The van der Waals surface area contributed by atoms with Gasteiger partial charge in [0.2, 0.25) is 0 Å². The monoisotopic (exact) mass is 292 g/mol. The van der Waals surface area contributed by atoms with Crippen molar-refractivity contribution in [1.29, 1.82) is 0 Å². The summed E-state index contributed by atoms with van der Waals surface area (Å²) in [6.07, 6.45) is 0. The summed E-state index contributed by atoms with van der Waals surface area (Å²) in [6, 6.07) is 15.0. The Morgan fingerprint density at radius 2 is 1.41 bits per heavy atom. The zero-order chi connectivity index (χ0) is 15.1. The largest absolute Gasteiger partial charge is 0.393 e. The molecule has 0 unspecified atom stereocenters. The van der Waals surface area contributed by atoms with Crippen LogP contribution < -0.4 is 0 Å². The lowest BCUT2D eigenvalue weighted by Crippen LogP contribution is -2.53. The average molecular weight is 292 g/mol. The molecule has 4 nitrogen and oxygen atoms in total. The Morgan fingerprint density at radius 1 is 0.864 bits per heavy atom. The summed E-state index contributed by atoms with van der Waals surface area (Å²) in [6.45, 7) is 0. The quantitative estimate of drug-likeness (QED) is 0.593. The molecule has 22 heavy (non-hydrogen) atoms. The summed E-state index contributed by atoms with van der Waals surface area (Å²) in [5, 5.41) is 11.5. The molecule has 2 aromatic carbocycles. The number of rotatable bonds is 0. The fraction of sp³-hybridized carbons (Fsp3) is 0.222. The third-order valence-corrected chi connectivity index (χ3v) is 5.31. The van der Waals surface area contributed by atoms with E-state index < -0.39 is 29.4 Å². The molecule has 1 N–H and O–H groups in total. The maximum Gasteiger partial charge on any atom is 0.321 e. The predicted octanol–water partition coefficient (Wildman–Crippen LogP) is 1.70. The second-order valence-corrected chi connectivity index (χ2v) is 6.16. The van der Waals surface area contributed by atoms with Crippen molar-refractivity contribution in [2.24, 2.45) is 11.8 Å². The molecule has 6 rings (SSSR count). The van der Waals surface area contributed by atoms with Crippen LogP contribution in [0.15, 0.2) is 48.5 Å². The van der Waals surface area contributed by atoms with Crippen LogP contribution in [0, 0.1) is 11.8 Å². The van der Waals surface area contributed by atoms with Gasteiger partial charge in [-0.3, -0.25) is 9.59 Å². The number of aliphatic hydroxyl groups is 1. The van der Waals surface area contributed by atoms with Crippen molar-refractivity contribution < 1.29 is 19.4 Å². The van der Waals surface area contributed by atoms with E-state index in [1.165, 1.54) is 0 Å². The predicted molar refractivity (Wildman–Crippen MR) is 75.8 cm³/mol. The fourth-order valence-electron chi connectivity index (χ4n) is 4.54. The minimum Gasteiger partial charge on any atom is -0.393 e. The van der Waals surface area contributed by atoms with E-state index in [9.17, 15) is 14.7 Å². The van der Waals surface area contributed by atoms with Crippen LogP contribution >= 0.6 is 0 Å². The van der Waals surface area contributed by atoms with Crippen LogP contribution in [0.5, 0.6) is 0 Å². The zero-order valence-corrected chi connectivity index (χ0v) is 11.5. The van der Waals surface area contributed by atoms with Gasteiger partial charge in [-0.2, -0.15) is 0 Å². The molecule has 0 radical (unpaired) electrons. The summed E-state index contributed by atoms with van der Waals surface area (Å²) in [7, 11) is 0. The van der Waals surface area contributed by atoms with Gasteiger partial charge in [-0.1, -0.05) is 48.5 Å². The molecule has 3 aliphatic carbocycles. The number of ether oxygens (including phenoxy) is 1. The molecule has 2 aromatic rings. The smallest absolute Gasteiger partial charge is 0.321 e. The number of benzene rings is 2. The van der Waals surface area contributed by atoms with Crippen molar-refractivity contribution >= 4 is 11.9 Å². The van der Waals surface area contributed by atoms with Crippen LogP contribution in [0.3, 0.4) is 0 Å². The van der Waals surface area contributed by atoms with E-state index in [1.807, 2.05) is 48.5 Å². The van der Waals surface area contributed by atoms with Gasteiger partial charge in [0, 0.05) is 5.92 Å². The Kier molecular flexibility index (Phi) is 2.01. The number of esters is 2.